The number of thioether (sulfide) groups is 1. The highest BCUT2D eigenvalue weighted by Crippen LogP contribution is 2.14. The quantitative estimate of drug-likeness (QED) is 0.801. The van der Waals surface area contributed by atoms with Crippen LogP contribution in [-0.2, 0) is 5.75 Å². The maximum atomic E-state index is 12.3. The van der Waals surface area contributed by atoms with Crippen LogP contribution in [0.15, 0.2) is 24.3 Å². The summed E-state index contributed by atoms with van der Waals surface area (Å²) in [6.07, 6.45) is 0.838. The van der Waals surface area contributed by atoms with Gasteiger partial charge in [-0.05, 0) is 35.8 Å². The molecule has 1 atom stereocenters. The van der Waals surface area contributed by atoms with E-state index >= 15 is 0 Å². The molecule has 0 saturated heterocycles. The molecule has 0 heterocycles. The lowest BCUT2D eigenvalue weighted by Crippen LogP contribution is -2.34. The van der Waals surface area contributed by atoms with Crippen LogP contribution in [0.25, 0.3) is 0 Å². The lowest BCUT2D eigenvalue weighted by atomic mass is 10.0. The van der Waals surface area contributed by atoms with Crippen LogP contribution in [0.4, 0.5) is 0 Å². The highest BCUT2D eigenvalue weighted by molar-refractivity contribution is 7.98. The van der Waals surface area contributed by atoms with E-state index in [9.17, 15) is 4.79 Å². The normalized spacial score (nSPS) is 12.5. The van der Waals surface area contributed by atoms with Crippen molar-refractivity contribution in [2.75, 3.05) is 19.3 Å². The Morgan fingerprint density at radius 2 is 1.90 bits per heavy atom. The molecule has 3 nitrogen and oxygen atoms in total. The first-order chi connectivity index (χ1) is 9.95. The van der Waals surface area contributed by atoms with Crippen molar-refractivity contribution in [3.05, 3.63) is 35.4 Å². The summed E-state index contributed by atoms with van der Waals surface area (Å²) in [5, 5.41) is 0. The van der Waals surface area contributed by atoms with Gasteiger partial charge in [-0.3, -0.25) is 4.79 Å². The minimum Gasteiger partial charge on any atom is -0.342 e. The van der Waals surface area contributed by atoms with Gasteiger partial charge in [-0.15, -0.1) is 0 Å². The summed E-state index contributed by atoms with van der Waals surface area (Å²) in [7, 11) is 1.84. The van der Waals surface area contributed by atoms with E-state index in [2.05, 4.69) is 20.8 Å². The van der Waals surface area contributed by atoms with Crippen molar-refractivity contribution in [2.24, 2.45) is 11.7 Å². The summed E-state index contributed by atoms with van der Waals surface area (Å²) >= 11 is 1.89. The third-order valence-electron chi connectivity index (χ3n) is 3.67. The van der Waals surface area contributed by atoms with Crippen LogP contribution >= 0.6 is 11.8 Å². The average Bonchev–Trinajstić information content (AvgIpc) is 2.49. The smallest absolute Gasteiger partial charge is 0.253 e. The predicted molar refractivity (Wildman–Crippen MR) is 92.7 cm³/mol. The van der Waals surface area contributed by atoms with Gasteiger partial charge >= 0.3 is 0 Å². The number of nitrogens with two attached hydrogens (primary N) is 1. The number of benzene rings is 1. The maximum absolute atomic E-state index is 12.3. The molecule has 1 unspecified atom stereocenters. The largest absolute Gasteiger partial charge is 0.342 e. The average molecular weight is 308 g/mol. The zero-order valence-electron chi connectivity index (χ0n) is 13.6. The number of amides is 1. The third kappa shape index (κ3) is 6.10. The Kier molecular flexibility index (Phi) is 7.83. The molecule has 1 aromatic rings. The number of hydrogen-bond acceptors (Lipinski definition) is 3. The van der Waals surface area contributed by atoms with Crippen LogP contribution in [0.1, 0.15) is 43.1 Å². The monoisotopic (exact) mass is 308 g/mol. The third-order valence-corrected chi connectivity index (χ3v) is 4.62. The molecule has 0 bridgehead atoms. The van der Waals surface area contributed by atoms with Gasteiger partial charge in [0.2, 0.25) is 0 Å². The Morgan fingerprint density at radius 1 is 1.29 bits per heavy atom. The van der Waals surface area contributed by atoms with Gasteiger partial charge in [0.25, 0.3) is 5.91 Å². The second-order valence-electron chi connectivity index (χ2n) is 5.76. The SMILES string of the molecule is CCSCc1ccc(C(=O)N(C)CCC(N)C(C)C)cc1. The fourth-order valence-electron chi connectivity index (χ4n) is 1.96. The summed E-state index contributed by atoms with van der Waals surface area (Å²) < 4.78 is 0. The molecule has 21 heavy (non-hydrogen) atoms. The summed E-state index contributed by atoms with van der Waals surface area (Å²) in [4.78, 5) is 14.1. The highest BCUT2D eigenvalue weighted by atomic mass is 32.2. The highest BCUT2D eigenvalue weighted by Gasteiger charge is 2.14. The van der Waals surface area contributed by atoms with Crippen molar-refractivity contribution in [1.29, 1.82) is 0 Å². The zero-order valence-corrected chi connectivity index (χ0v) is 14.5. The van der Waals surface area contributed by atoms with Gasteiger partial charge in [0.1, 0.15) is 0 Å². The van der Waals surface area contributed by atoms with E-state index in [0.29, 0.717) is 12.5 Å². The van der Waals surface area contributed by atoms with Gasteiger partial charge in [-0.2, -0.15) is 11.8 Å². The number of nitrogens with zero attached hydrogens (tertiary/aromatic N) is 1. The fourth-order valence-corrected chi connectivity index (χ4v) is 2.59. The van der Waals surface area contributed by atoms with Crippen LogP contribution in [0.3, 0.4) is 0 Å². The van der Waals surface area contributed by atoms with Gasteiger partial charge in [0, 0.05) is 31.0 Å². The first-order valence-corrected chi connectivity index (χ1v) is 8.78. The number of rotatable bonds is 8. The van der Waals surface area contributed by atoms with Crippen LogP contribution in [0.5, 0.6) is 0 Å². The molecule has 1 amide bonds. The Hall–Kier alpha value is -1.00. The summed E-state index contributed by atoms with van der Waals surface area (Å²) in [5.74, 6) is 2.63. The summed E-state index contributed by atoms with van der Waals surface area (Å²) in [5.41, 5.74) is 8.05. The molecular weight excluding hydrogens is 280 g/mol. The molecule has 0 saturated carbocycles. The molecule has 1 rings (SSSR count). The Labute approximate surface area is 133 Å². The number of carbonyl (C=O) groups excluding carboxylic acids is 1. The van der Waals surface area contributed by atoms with E-state index in [4.69, 9.17) is 5.73 Å². The predicted octanol–water partition coefficient (Wildman–Crippen LogP) is 3.39. The van der Waals surface area contributed by atoms with Crippen molar-refractivity contribution in [3.8, 4) is 0 Å². The molecule has 2 N–H and O–H groups in total. The molecule has 4 heteroatoms. The first-order valence-electron chi connectivity index (χ1n) is 7.63. The van der Waals surface area contributed by atoms with Gasteiger partial charge in [0.05, 0.1) is 0 Å². The second kappa shape index (κ2) is 9.11. The van der Waals surface area contributed by atoms with Gasteiger partial charge in [-0.25, -0.2) is 0 Å². The first kappa shape index (κ1) is 18.1. The summed E-state index contributed by atoms with van der Waals surface area (Å²) in [6, 6.07) is 8.08. The van der Waals surface area contributed by atoms with E-state index < -0.39 is 0 Å². The molecule has 118 valence electrons. The van der Waals surface area contributed by atoms with E-state index in [-0.39, 0.29) is 11.9 Å². The Morgan fingerprint density at radius 3 is 2.43 bits per heavy atom. The molecule has 0 fully saturated rings. The van der Waals surface area contributed by atoms with E-state index in [1.54, 1.807) is 4.90 Å². The van der Waals surface area contributed by atoms with Crippen molar-refractivity contribution in [3.63, 3.8) is 0 Å². The van der Waals surface area contributed by atoms with Crippen LogP contribution < -0.4 is 5.73 Å². The topological polar surface area (TPSA) is 46.3 Å². The van der Waals surface area contributed by atoms with Gasteiger partial charge < -0.3 is 10.6 Å². The minimum absolute atomic E-state index is 0.0700. The number of carbonyl (C=O) groups is 1. The molecule has 0 aliphatic carbocycles. The van der Waals surface area contributed by atoms with Crippen LogP contribution in [-0.4, -0.2) is 36.2 Å². The molecule has 0 spiro atoms. The molecular formula is C17H28N2OS. The zero-order chi connectivity index (χ0) is 15.8. The molecule has 0 aliphatic heterocycles. The molecule has 0 aromatic heterocycles. The van der Waals surface area contributed by atoms with Crippen LogP contribution in [0, 0.1) is 5.92 Å². The standard InChI is InChI=1S/C17H28N2OS/c1-5-21-12-14-6-8-15(9-7-14)17(20)19(4)11-10-16(18)13(2)3/h6-9,13,16H,5,10-12,18H2,1-4H3. The van der Waals surface area contributed by atoms with Crippen LogP contribution in [0.2, 0.25) is 0 Å². The van der Waals surface area contributed by atoms with E-state index in [1.807, 2.05) is 43.1 Å². The van der Waals surface area contributed by atoms with Crippen molar-refractivity contribution >= 4 is 17.7 Å². The van der Waals surface area contributed by atoms with Gasteiger partial charge in [-0.1, -0.05) is 32.9 Å². The fraction of sp³-hybridized carbons (Fsp3) is 0.588. The van der Waals surface area contributed by atoms with Crippen molar-refractivity contribution in [2.45, 2.75) is 39.0 Å². The Bertz CT molecular complexity index is 431. The van der Waals surface area contributed by atoms with E-state index in [0.717, 1.165) is 23.5 Å². The van der Waals surface area contributed by atoms with Gasteiger partial charge in [0.15, 0.2) is 0 Å². The summed E-state index contributed by atoms with van der Waals surface area (Å²) in [6.45, 7) is 7.07. The maximum Gasteiger partial charge on any atom is 0.253 e. The minimum atomic E-state index is 0.0700. The molecule has 0 radical (unpaired) electrons. The lowest BCUT2D eigenvalue weighted by Gasteiger charge is -2.21. The lowest BCUT2D eigenvalue weighted by molar-refractivity contribution is 0.0789. The second-order valence-corrected chi connectivity index (χ2v) is 7.03. The van der Waals surface area contributed by atoms with Crippen molar-refractivity contribution in [1.82, 2.24) is 4.90 Å². The van der Waals surface area contributed by atoms with Crippen molar-refractivity contribution < 1.29 is 4.79 Å². The molecule has 0 aliphatic rings. The molecule has 1 aromatic carbocycles. The Balaban J connectivity index is 2.53. The van der Waals surface area contributed by atoms with E-state index in [1.165, 1.54) is 5.56 Å². The number of hydrogen-bond donors (Lipinski definition) is 1.